The number of hydrogen-bond acceptors (Lipinski definition) is 9. The van der Waals surface area contributed by atoms with Crippen LogP contribution in [-0.4, -0.2) is 37.0 Å². The number of aldehydes is 1. The lowest BCUT2D eigenvalue weighted by Gasteiger charge is -2.28. The smallest absolute Gasteiger partial charge is 0.386 e. The minimum absolute atomic E-state index is 0.0667. The Morgan fingerprint density at radius 1 is 0.500 bits per heavy atom. The van der Waals surface area contributed by atoms with Crippen molar-refractivity contribution in [1.82, 2.24) is 0 Å². The fourth-order valence-corrected chi connectivity index (χ4v) is 9.87. The predicted molar refractivity (Wildman–Crippen MR) is 358 cm³/mol. The number of fused-ring (bicyclic) bond motifs is 2. The highest BCUT2D eigenvalue weighted by Crippen LogP contribution is 2.41. The van der Waals surface area contributed by atoms with Crippen LogP contribution in [0.25, 0.3) is 55.5 Å². The van der Waals surface area contributed by atoms with Gasteiger partial charge in [-0.2, -0.15) is 5.26 Å². The monoisotopic (exact) mass is 1170 g/mol. The van der Waals surface area contributed by atoms with E-state index >= 15 is 0 Å². The number of anilines is 6. The molecule has 1 N–H and O–H groups in total. The third-order valence-electron chi connectivity index (χ3n) is 15.1. The van der Waals surface area contributed by atoms with Crippen LogP contribution in [0.2, 0.25) is 0 Å². The van der Waals surface area contributed by atoms with Gasteiger partial charge in [0.05, 0.1) is 7.11 Å². The first-order valence-electron chi connectivity index (χ1n) is 29.2. The number of carbonyl (C=O) groups excluding carboxylic acids is 2. The second kappa shape index (κ2) is 26.6. The van der Waals surface area contributed by atoms with Crippen LogP contribution in [-0.2, 0) is 36.0 Å². The lowest BCUT2D eigenvalue weighted by Crippen LogP contribution is -2.14. The number of carbonyl (C=O) groups is 3. The van der Waals surface area contributed by atoms with Gasteiger partial charge in [-0.25, -0.2) is 16.2 Å². The van der Waals surface area contributed by atoms with Gasteiger partial charge in [-0.1, -0.05) is 156 Å². The van der Waals surface area contributed by atoms with Crippen molar-refractivity contribution in [2.75, 3.05) is 23.5 Å². The van der Waals surface area contributed by atoms with Gasteiger partial charge in [-0.15, -0.1) is 0 Å². The van der Waals surface area contributed by atoms with Crippen molar-refractivity contribution in [1.29, 1.82) is 5.26 Å². The summed E-state index contributed by atoms with van der Waals surface area (Å²) in [5.74, 6) is -0.246. The van der Waals surface area contributed by atoms with Crippen LogP contribution in [0.1, 0.15) is 121 Å². The molecule has 0 saturated carbocycles. The maximum atomic E-state index is 11.2. The standard InChI is InChI=1S/C38H36N2O3.C35H35NO2.C4H5NO2/c1-37(2,3)29-11-17-32(18-12-29)40(33-19-13-30(14-20-33)38(4,5)6)31-15-9-26(10-16-31)35-23-27-8-7-25(22-34(27)43-35)21-28(24-39)36(41)42;1-34(2,3)27-11-17-30(18-12-27)36(31-19-13-28(14-20-31)35(4,5)6)29-15-9-25(10-16-29)33-22-26-8-7-24(23-37)21-32(26)38-33;1-5-3-4(6)7-2/h7-23H,1-6H3,(H,41,42);7-23H,1-6H3;3H2,2H3. The summed E-state index contributed by atoms with van der Waals surface area (Å²) in [4.78, 5) is 39.7. The number of furan rings is 2. The largest absolute Gasteiger partial charge is 0.477 e. The molecular formula is C77H76N4O7. The number of carboxylic acid groups (broad SMARTS) is 1. The van der Waals surface area contributed by atoms with E-state index in [1.165, 1.54) is 35.4 Å². The molecule has 2 heterocycles. The first kappa shape index (κ1) is 63.8. The zero-order valence-corrected chi connectivity index (χ0v) is 52.5. The summed E-state index contributed by atoms with van der Waals surface area (Å²) in [6.45, 7) is 32.7. The predicted octanol–water partition coefficient (Wildman–Crippen LogP) is 20.2. The van der Waals surface area contributed by atoms with E-state index in [2.05, 4.69) is 236 Å². The van der Waals surface area contributed by atoms with Gasteiger partial charge in [0.2, 0.25) is 0 Å². The van der Waals surface area contributed by atoms with Gasteiger partial charge in [0.15, 0.2) is 0 Å². The molecule has 0 aliphatic heterocycles. The molecule has 0 radical (unpaired) electrons. The number of methoxy groups -OCH3 is 1. The van der Waals surface area contributed by atoms with E-state index < -0.39 is 11.9 Å². The summed E-state index contributed by atoms with van der Waals surface area (Å²) in [6.07, 6.45) is 2.18. The van der Waals surface area contributed by atoms with Crippen molar-refractivity contribution in [3.63, 3.8) is 0 Å². The lowest BCUT2D eigenvalue weighted by atomic mass is 9.86. The van der Waals surface area contributed by atoms with Crippen LogP contribution < -0.4 is 9.80 Å². The Bertz CT molecular complexity index is 4070. The number of ether oxygens (including phenoxy) is 1. The molecule has 88 heavy (non-hydrogen) atoms. The highest BCUT2D eigenvalue weighted by atomic mass is 16.5. The number of benzene rings is 8. The molecule has 0 amide bonds. The number of hydrogen-bond donors (Lipinski definition) is 1. The molecule has 2 aromatic heterocycles. The zero-order valence-electron chi connectivity index (χ0n) is 52.5. The zero-order chi connectivity index (χ0) is 63.7. The van der Waals surface area contributed by atoms with Crippen LogP contribution >= 0.6 is 0 Å². The number of carboxylic acids is 1. The Kier molecular flexibility index (Phi) is 19.3. The number of aliphatic carboxylic acids is 1. The summed E-state index contributed by atoms with van der Waals surface area (Å²) in [6, 6.07) is 68.6. The van der Waals surface area contributed by atoms with Crippen molar-refractivity contribution in [2.45, 2.75) is 105 Å². The molecule has 11 heteroatoms. The van der Waals surface area contributed by atoms with Gasteiger partial charge in [0.25, 0.3) is 0 Å². The summed E-state index contributed by atoms with van der Waals surface area (Å²) >= 11 is 0. The topological polar surface area (TPSA) is 142 Å². The molecule has 0 fully saturated rings. The summed E-state index contributed by atoms with van der Waals surface area (Å²) < 4.78 is 16.4. The third kappa shape index (κ3) is 15.6. The summed E-state index contributed by atoms with van der Waals surface area (Å²) in [5.41, 5.74) is 16.1. The van der Waals surface area contributed by atoms with E-state index in [0.29, 0.717) is 28.1 Å². The van der Waals surface area contributed by atoms with Crippen molar-refractivity contribution in [3.05, 3.63) is 244 Å². The Balaban J connectivity index is 0.000000207. The Labute approximate surface area is 517 Å². The van der Waals surface area contributed by atoms with Crippen LogP contribution in [0.3, 0.4) is 0 Å². The first-order chi connectivity index (χ1) is 41.7. The number of nitrogens with zero attached hydrogens (tertiary/aromatic N) is 4. The van der Waals surface area contributed by atoms with Crippen molar-refractivity contribution in [2.24, 2.45) is 0 Å². The molecule has 0 atom stereocenters. The maximum Gasteiger partial charge on any atom is 0.386 e. The number of esters is 1. The average Bonchev–Trinajstić information content (AvgIpc) is 2.02. The molecule has 0 spiro atoms. The van der Waals surface area contributed by atoms with E-state index in [9.17, 15) is 19.5 Å². The van der Waals surface area contributed by atoms with Gasteiger partial charge >= 0.3 is 18.5 Å². The molecule has 0 bridgehead atoms. The highest BCUT2D eigenvalue weighted by Gasteiger charge is 2.22. The lowest BCUT2D eigenvalue weighted by molar-refractivity contribution is -0.138. The number of nitriles is 1. The molecule has 0 saturated heterocycles. The van der Waals surface area contributed by atoms with E-state index in [1.54, 1.807) is 24.3 Å². The fraction of sp³-hybridized carbons (Fsp3) is 0.234. The molecule has 10 rings (SSSR count). The van der Waals surface area contributed by atoms with Crippen molar-refractivity contribution >= 4 is 80.4 Å². The van der Waals surface area contributed by atoms with E-state index in [4.69, 9.17) is 20.7 Å². The average molecular weight is 1170 g/mol. The van der Waals surface area contributed by atoms with Gasteiger partial charge in [0.1, 0.15) is 40.6 Å². The molecule has 11 nitrogen and oxygen atoms in total. The van der Waals surface area contributed by atoms with Gasteiger partial charge in [0, 0.05) is 61.6 Å². The van der Waals surface area contributed by atoms with Crippen LogP contribution in [0.5, 0.6) is 0 Å². The summed E-state index contributed by atoms with van der Waals surface area (Å²) in [5, 5.41) is 20.1. The second-order valence-corrected chi connectivity index (χ2v) is 25.8. The van der Waals surface area contributed by atoms with Crippen LogP contribution in [0.4, 0.5) is 34.1 Å². The van der Waals surface area contributed by atoms with Crippen molar-refractivity contribution < 1.29 is 33.1 Å². The molecule has 0 aliphatic rings. The van der Waals surface area contributed by atoms with Gasteiger partial charge in [-0.3, -0.25) is 4.79 Å². The Morgan fingerprint density at radius 2 is 0.807 bits per heavy atom. The minimum atomic E-state index is -1.26. The number of rotatable bonds is 12. The van der Waals surface area contributed by atoms with Crippen LogP contribution in [0.15, 0.2) is 209 Å². The SMILES string of the molecule is CC(C)(C)c1ccc(N(c2ccc(-c3cc4ccc(C=C(C#N)C(=O)O)cc4o3)cc2)c2ccc(C(C)(C)C)cc2)cc1.CC(C)(C)c1ccc(N(c2ccc(-c3cc4ccc(C=O)cc4o3)cc2)c2ccc(C(C)(C)C)cc2)cc1.[C-]#[N+]CC(=O)OC. The molecule has 446 valence electrons. The highest BCUT2D eigenvalue weighted by molar-refractivity contribution is 5.97. The van der Waals surface area contributed by atoms with E-state index in [1.807, 2.05) is 42.5 Å². The molecule has 0 aliphatic carbocycles. The normalized spacial score (nSPS) is 11.7. The molecule has 10 aromatic rings. The molecular weight excluding hydrogens is 1090 g/mol. The Morgan fingerprint density at radius 3 is 1.07 bits per heavy atom. The first-order valence-corrected chi connectivity index (χ1v) is 29.2. The maximum absolute atomic E-state index is 11.2. The van der Waals surface area contributed by atoms with Gasteiger partial charge in [-0.05, 0) is 177 Å². The Hall–Kier alpha value is -10.2. The molecule has 0 unspecified atom stereocenters. The minimum Gasteiger partial charge on any atom is -0.477 e. The fourth-order valence-electron chi connectivity index (χ4n) is 9.87. The quantitative estimate of drug-likeness (QED) is 0.0413. The van der Waals surface area contributed by atoms with E-state index in [-0.39, 0.29) is 33.8 Å². The van der Waals surface area contributed by atoms with E-state index in [0.717, 1.165) is 68.1 Å². The third-order valence-corrected chi connectivity index (χ3v) is 15.1. The second-order valence-electron chi connectivity index (χ2n) is 25.8. The van der Waals surface area contributed by atoms with Gasteiger partial charge < -0.3 is 33.3 Å². The summed E-state index contributed by atoms with van der Waals surface area (Å²) in [7, 11) is 1.26. The van der Waals surface area contributed by atoms with Crippen molar-refractivity contribution in [3.8, 4) is 28.7 Å². The molecule has 8 aromatic carbocycles. The van der Waals surface area contributed by atoms with Crippen LogP contribution in [0, 0.1) is 17.9 Å².